The van der Waals surface area contributed by atoms with Crippen LogP contribution in [0.3, 0.4) is 0 Å². The van der Waals surface area contributed by atoms with E-state index in [4.69, 9.17) is 0 Å². The molecule has 0 aliphatic carbocycles. The molecule has 3 heterocycles. The predicted octanol–water partition coefficient (Wildman–Crippen LogP) is -0.616. The van der Waals surface area contributed by atoms with Crippen LogP contribution in [0, 0.1) is 0 Å². The van der Waals surface area contributed by atoms with E-state index in [1.807, 2.05) is 0 Å². The Morgan fingerprint density at radius 1 is 1.33 bits per heavy atom. The molecule has 0 saturated carbocycles. The van der Waals surface area contributed by atoms with Crippen molar-refractivity contribution in [2.45, 2.75) is 0 Å². The number of carbonyl (C=O) groups is 2. The van der Waals surface area contributed by atoms with E-state index in [2.05, 4.69) is 16.8 Å². The molecule has 3 rings (SSSR count). The second kappa shape index (κ2) is 4.89. The number of fused-ring (bicyclic) bond motifs is 1. The monoisotopic (exact) mass is 287 g/mol. The largest absolute Gasteiger partial charge is 0.347 e. The van der Waals surface area contributed by atoms with Gasteiger partial charge in [0.05, 0.1) is 5.69 Å². The van der Waals surface area contributed by atoms with Crippen LogP contribution in [0.5, 0.6) is 0 Å². The van der Waals surface area contributed by atoms with Gasteiger partial charge < -0.3 is 9.80 Å². The maximum Gasteiger partial charge on any atom is 0.347 e. The van der Waals surface area contributed by atoms with E-state index >= 15 is 0 Å². The minimum atomic E-state index is -0.361. The smallest absolute Gasteiger partial charge is 0.328 e. The predicted molar refractivity (Wildman–Crippen MR) is 74.9 cm³/mol. The third-order valence-corrected chi connectivity index (χ3v) is 3.41. The number of hydrogen-bond donors (Lipinski definition) is 1. The summed E-state index contributed by atoms with van der Waals surface area (Å²) in [5.74, 6) is -0.461. The van der Waals surface area contributed by atoms with Crippen molar-refractivity contribution in [1.82, 2.24) is 19.5 Å². The van der Waals surface area contributed by atoms with Gasteiger partial charge in [-0.05, 0) is 18.2 Å². The van der Waals surface area contributed by atoms with Crippen LogP contribution >= 0.6 is 0 Å². The molecule has 8 nitrogen and oxygen atoms in total. The molecule has 108 valence electrons. The lowest BCUT2D eigenvalue weighted by atomic mass is 10.2. The van der Waals surface area contributed by atoms with E-state index in [0.29, 0.717) is 24.4 Å². The second-order valence-electron chi connectivity index (χ2n) is 4.65. The van der Waals surface area contributed by atoms with Crippen LogP contribution in [0.1, 0.15) is 0 Å². The van der Waals surface area contributed by atoms with E-state index in [1.54, 1.807) is 23.2 Å². The maximum absolute atomic E-state index is 12.2. The van der Waals surface area contributed by atoms with E-state index < -0.39 is 0 Å². The summed E-state index contributed by atoms with van der Waals surface area (Å²) in [4.78, 5) is 38.2. The van der Waals surface area contributed by atoms with Crippen molar-refractivity contribution in [2.24, 2.45) is 0 Å². The Bertz CT molecular complexity index is 790. The van der Waals surface area contributed by atoms with Crippen molar-refractivity contribution in [3.05, 3.63) is 41.5 Å². The molecule has 0 aromatic carbocycles. The highest BCUT2D eigenvalue weighted by Gasteiger charge is 2.27. The fourth-order valence-electron chi connectivity index (χ4n) is 2.32. The minimum Gasteiger partial charge on any atom is -0.328 e. The molecule has 0 radical (unpaired) electrons. The summed E-state index contributed by atoms with van der Waals surface area (Å²) < 4.78 is 1.34. The van der Waals surface area contributed by atoms with Crippen LogP contribution < -0.4 is 10.6 Å². The van der Waals surface area contributed by atoms with Gasteiger partial charge in [0.15, 0.2) is 5.65 Å². The molecule has 8 heteroatoms. The number of anilines is 1. The van der Waals surface area contributed by atoms with Gasteiger partial charge in [-0.25, -0.2) is 14.3 Å². The minimum absolute atomic E-state index is 0.00315. The molecule has 0 atom stereocenters. The maximum atomic E-state index is 12.2. The molecule has 1 fully saturated rings. The van der Waals surface area contributed by atoms with Gasteiger partial charge in [0.1, 0.15) is 6.54 Å². The fraction of sp³-hybridized carbons (Fsp3) is 0.231. The molecule has 0 bridgehead atoms. The first-order valence-electron chi connectivity index (χ1n) is 6.38. The lowest BCUT2D eigenvalue weighted by Gasteiger charge is -2.33. The molecule has 0 unspecified atom stereocenters. The van der Waals surface area contributed by atoms with E-state index in [9.17, 15) is 14.4 Å². The Hall–Kier alpha value is -2.90. The van der Waals surface area contributed by atoms with Gasteiger partial charge in [0, 0.05) is 19.3 Å². The first kappa shape index (κ1) is 13.1. The summed E-state index contributed by atoms with van der Waals surface area (Å²) in [6, 6.07) is 3.38. The Balaban J connectivity index is 1.88. The normalized spacial score (nSPS) is 15.5. The molecule has 1 aliphatic rings. The van der Waals surface area contributed by atoms with Gasteiger partial charge in [0.25, 0.3) is 0 Å². The van der Waals surface area contributed by atoms with Crippen LogP contribution in [0.2, 0.25) is 0 Å². The van der Waals surface area contributed by atoms with Crippen molar-refractivity contribution in [3.63, 3.8) is 0 Å². The number of piperazine rings is 1. The number of nitrogens with zero attached hydrogens (tertiary/aromatic N) is 4. The average Bonchev–Trinajstić information content (AvgIpc) is 2.87. The lowest BCUT2D eigenvalue weighted by Crippen LogP contribution is -2.52. The molecule has 2 amide bonds. The molecule has 1 N–H and O–H groups in total. The molecule has 21 heavy (non-hydrogen) atoms. The Morgan fingerprint density at radius 2 is 2.14 bits per heavy atom. The number of pyridine rings is 1. The van der Waals surface area contributed by atoms with Crippen LogP contribution in [-0.4, -0.2) is 50.9 Å². The number of aromatic amines is 1. The van der Waals surface area contributed by atoms with Gasteiger partial charge in [-0.1, -0.05) is 6.58 Å². The third kappa shape index (κ3) is 2.20. The first-order chi connectivity index (χ1) is 10.1. The lowest BCUT2D eigenvalue weighted by molar-refractivity contribution is -0.133. The standard InChI is InChI=1S/C13H13N5O3/c1-2-11(19)16-5-6-17(12(20)8-16)9-3-4-10-14-15-13(21)18(10)7-9/h2-4,7H,1,5-6,8H2,(H,15,21). The zero-order valence-corrected chi connectivity index (χ0v) is 11.2. The highest BCUT2D eigenvalue weighted by Crippen LogP contribution is 2.17. The molecular weight excluding hydrogens is 274 g/mol. The Kier molecular flexibility index (Phi) is 3.05. The third-order valence-electron chi connectivity index (χ3n) is 3.41. The molecular formula is C13H13N5O3. The van der Waals surface area contributed by atoms with E-state index in [0.717, 1.165) is 0 Å². The second-order valence-corrected chi connectivity index (χ2v) is 4.65. The van der Waals surface area contributed by atoms with Gasteiger partial charge in [-0.2, -0.15) is 5.10 Å². The quantitative estimate of drug-likeness (QED) is 0.746. The summed E-state index contributed by atoms with van der Waals surface area (Å²) in [5, 5.41) is 6.17. The van der Waals surface area contributed by atoms with Crippen molar-refractivity contribution in [3.8, 4) is 0 Å². The molecule has 0 spiro atoms. The number of rotatable bonds is 2. The summed E-state index contributed by atoms with van der Waals surface area (Å²) in [5.41, 5.74) is 0.721. The highest BCUT2D eigenvalue weighted by atomic mass is 16.2. The zero-order chi connectivity index (χ0) is 15.0. The van der Waals surface area contributed by atoms with Gasteiger partial charge in [0.2, 0.25) is 11.8 Å². The van der Waals surface area contributed by atoms with E-state index in [1.165, 1.54) is 15.4 Å². The van der Waals surface area contributed by atoms with Crippen LogP contribution in [0.4, 0.5) is 5.69 Å². The van der Waals surface area contributed by atoms with E-state index in [-0.39, 0.29) is 24.0 Å². The average molecular weight is 287 g/mol. The number of amides is 2. The molecule has 1 saturated heterocycles. The Morgan fingerprint density at radius 3 is 2.86 bits per heavy atom. The number of aromatic nitrogens is 3. The molecule has 2 aromatic heterocycles. The van der Waals surface area contributed by atoms with Gasteiger partial charge in [-0.3, -0.25) is 9.59 Å². The van der Waals surface area contributed by atoms with Crippen molar-refractivity contribution in [1.29, 1.82) is 0 Å². The summed E-state index contributed by atoms with van der Waals surface area (Å²) in [6.07, 6.45) is 2.75. The highest BCUT2D eigenvalue weighted by molar-refractivity contribution is 5.99. The SMILES string of the molecule is C=CC(=O)N1CCN(c2ccc3n[nH]c(=O)n3c2)C(=O)C1. The van der Waals surface area contributed by atoms with Crippen molar-refractivity contribution >= 4 is 23.1 Å². The van der Waals surface area contributed by atoms with Gasteiger partial charge in [-0.15, -0.1) is 0 Å². The number of nitrogens with one attached hydrogen (secondary N) is 1. The number of carbonyl (C=O) groups excluding carboxylic acids is 2. The number of hydrogen-bond acceptors (Lipinski definition) is 4. The molecule has 1 aliphatic heterocycles. The van der Waals surface area contributed by atoms with Crippen LogP contribution in [0.25, 0.3) is 5.65 Å². The summed E-state index contributed by atoms with van der Waals surface area (Å²) in [7, 11) is 0. The van der Waals surface area contributed by atoms with Crippen molar-refractivity contribution < 1.29 is 9.59 Å². The van der Waals surface area contributed by atoms with Crippen LogP contribution in [0.15, 0.2) is 35.8 Å². The Labute approximate surface area is 119 Å². The number of H-pyrrole nitrogens is 1. The fourth-order valence-corrected chi connectivity index (χ4v) is 2.32. The summed E-state index contributed by atoms with van der Waals surface area (Å²) >= 11 is 0. The first-order valence-corrected chi connectivity index (χ1v) is 6.38. The zero-order valence-electron chi connectivity index (χ0n) is 11.2. The van der Waals surface area contributed by atoms with Gasteiger partial charge >= 0.3 is 5.69 Å². The van der Waals surface area contributed by atoms with Crippen molar-refractivity contribution in [2.75, 3.05) is 24.5 Å². The summed E-state index contributed by atoms with van der Waals surface area (Å²) in [6.45, 7) is 4.21. The topological polar surface area (TPSA) is 90.8 Å². The van der Waals surface area contributed by atoms with Crippen LogP contribution in [-0.2, 0) is 9.59 Å². The molecule has 2 aromatic rings.